The molecular formula is C19H30O2. The summed E-state index contributed by atoms with van der Waals surface area (Å²) in [4.78, 5) is 11.7. The van der Waals surface area contributed by atoms with Gasteiger partial charge in [-0.25, -0.2) is 0 Å². The van der Waals surface area contributed by atoms with Gasteiger partial charge in [0.25, 0.3) is 0 Å². The molecule has 0 saturated carbocycles. The van der Waals surface area contributed by atoms with Gasteiger partial charge in [-0.3, -0.25) is 4.79 Å². The highest BCUT2D eigenvalue weighted by Crippen LogP contribution is 2.20. The van der Waals surface area contributed by atoms with Crippen LogP contribution in [0.15, 0.2) is 29.8 Å². The highest BCUT2D eigenvalue weighted by atomic mass is 16.5. The van der Waals surface area contributed by atoms with Crippen molar-refractivity contribution < 1.29 is 9.53 Å². The van der Waals surface area contributed by atoms with Gasteiger partial charge >= 0.3 is 5.97 Å². The van der Waals surface area contributed by atoms with Crippen molar-refractivity contribution in [1.29, 1.82) is 0 Å². The topological polar surface area (TPSA) is 26.3 Å². The molecule has 118 valence electrons. The van der Waals surface area contributed by atoms with Crippen molar-refractivity contribution in [3.8, 4) is 0 Å². The molecule has 0 fully saturated rings. The highest BCUT2D eigenvalue weighted by Gasteiger charge is 2.23. The molecule has 2 heteroatoms. The summed E-state index contributed by atoms with van der Waals surface area (Å²) in [5.41, 5.74) is 4.23. The molecule has 1 rings (SSSR count). The van der Waals surface area contributed by atoms with Crippen LogP contribution in [0.5, 0.6) is 0 Å². The maximum atomic E-state index is 11.7. The van der Waals surface area contributed by atoms with E-state index in [0.717, 1.165) is 5.57 Å². The second-order valence-electron chi connectivity index (χ2n) is 6.10. The number of aryl methyl sites for hydroxylation is 1. The second kappa shape index (κ2) is 8.66. The first-order valence-electron chi connectivity index (χ1n) is 7.62. The number of carbonyl (C=O) groups is 1. The number of rotatable bonds is 3. The molecule has 0 atom stereocenters. The summed E-state index contributed by atoms with van der Waals surface area (Å²) in [6, 6.07) is 8.38. The second-order valence-corrected chi connectivity index (χ2v) is 6.10. The number of benzene rings is 1. The van der Waals surface area contributed by atoms with Gasteiger partial charge in [-0.05, 0) is 58.3 Å². The third-order valence-electron chi connectivity index (χ3n) is 3.16. The lowest BCUT2D eigenvalue weighted by atomic mass is 9.97. The van der Waals surface area contributed by atoms with Gasteiger partial charge in [0.2, 0.25) is 0 Å². The number of esters is 1. The zero-order valence-corrected chi connectivity index (χ0v) is 14.8. The summed E-state index contributed by atoms with van der Waals surface area (Å²) in [5, 5.41) is 0. The Labute approximate surface area is 130 Å². The van der Waals surface area contributed by atoms with E-state index in [9.17, 15) is 4.79 Å². The zero-order valence-electron chi connectivity index (χ0n) is 14.8. The van der Waals surface area contributed by atoms with Crippen molar-refractivity contribution >= 4 is 11.5 Å². The number of ether oxygens (including phenoxy) is 1. The van der Waals surface area contributed by atoms with E-state index < -0.39 is 5.41 Å². The SMILES string of the molecule is C/C(COC(=O)C(C)(C)C)=C(/C)c1ccc(C)cc1.CC. The Kier molecular flexibility index (Phi) is 8.01. The Bertz CT molecular complexity index is 473. The van der Waals surface area contributed by atoms with E-state index in [2.05, 4.69) is 38.1 Å². The van der Waals surface area contributed by atoms with E-state index >= 15 is 0 Å². The van der Waals surface area contributed by atoms with Crippen LogP contribution >= 0.6 is 0 Å². The predicted octanol–water partition coefficient (Wildman–Crippen LogP) is 5.40. The average Bonchev–Trinajstić information content (AvgIpc) is 2.45. The normalized spacial score (nSPS) is 12.0. The van der Waals surface area contributed by atoms with Gasteiger partial charge < -0.3 is 4.74 Å². The van der Waals surface area contributed by atoms with Crippen molar-refractivity contribution in [1.82, 2.24) is 0 Å². The molecule has 0 saturated heterocycles. The van der Waals surface area contributed by atoms with Crippen LogP contribution in [0.25, 0.3) is 5.57 Å². The first kappa shape index (κ1) is 19.4. The molecule has 2 nitrogen and oxygen atoms in total. The lowest BCUT2D eigenvalue weighted by Gasteiger charge is -2.17. The van der Waals surface area contributed by atoms with Crippen LogP contribution in [-0.2, 0) is 9.53 Å². The maximum absolute atomic E-state index is 11.7. The van der Waals surface area contributed by atoms with Gasteiger partial charge in [0.1, 0.15) is 6.61 Å². The van der Waals surface area contributed by atoms with Gasteiger partial charge in [0.05, 0.1) is 5.41 Å². The minimum atomic E-state index is -0.446. The minimum absolute atomic E-state index is 0.163. The van der Waals surface area contributed by atoms with Gasteiger partial charge in [0.15, 0.2) is 0 Å². The lowest BCUT2D eigenvalue weighted by Crippen LogP contribution is -2.23. The maximum Gasteiger partial charge on any atom is 0.311 e. The van der Waals surface area contributed by atoms with Gasteiger partial charge in [-0.15, -0.1) is 0 Å². The Morgan fingerprint density at radius 3 is 1.95 bits per heavy atom. The molecule has 0 N–H and O–H groups in total. The van der Waals surface area contributed by atoms with Crippen molar-refractivity contribution in [2.45, 2.75) is 55.4 Å². The molecule has 21 heavy (non-hydrogen) atoms. The number of hydrogen-bond acceptors (Lipinski definition) is 2. The summed E-state index contributed by atoms with van der Waals surface area (Å²) in [6.07, 6.45) is 0. The molecule has 0 bridgehead atoms. The minimum Gasteiger partial charge on any atom is -0.461 e. The molecule has 0 radical (unpaired) electrons. The van der Waals surface area contributed by atoms with E-state index in [1.807, 2.05) is 41.5 Å². The lowest BCUT2D eigenvalue weighted by molar-refractivity contribution is -0.151. The van der Waals surface area contributed by atoms with E-state index in [-0.39, 0.29) is 5.97 Å². The monoisotopic (exact) mass is 290 g/mol. The number of allylic oxidation sites excluding steroid dienone is 1. The fraction of sp³-hybridized carbons (Fsp3) is 0.526. The summed E-state index contributed by atoms with van der Waals surface area (Å²) in [5.74, 6) is -0.163. The van der Waals surface area contributed by atoms with E-state index in [4.69, 9.17) is 4.74 Å². The molecule has 0 amide bonds. The number of hydrogen-bond donors (Lipinski definition) is 0. The van der Waals surface area contributed by atoms with Gasteiger partial charge in [0, 0.05) is 0 Å². The van der Waals surface area contributed by atoms with Crippen LogP contribution in [-0.4, -0.2) is 12.6 Å². The molecule has 0 aliphatic heterocycles. The predicted molar refractivity (Wildman–Crippen MR) is 91.2 cm³/mol. The van der Waals surface area contributed by atoms with Crippen LogP contribution in [0, 0.1) is 12.3 Å². The molecule has 1 aromatic rings. The third-order valence-corrected chi connectivity index (χ3v) is 3.16. The fourth-order valence-electron chi connectivity index (χ4n) is 1.55. The Morgan fingerprint density at radius 1 is 1.05 bits per heavy atom. The van der Waals surface area contributed by atoms with E-state index in [1.165, 1.54) is 16.7 Å². The molecule has 0 aromatic heterocycles. The number of carbonyl (C=O) groups excluding carboxylic acids is 1. The first-order chi connectivity index (χ1) is 9.71. The van der Waals surface area contributed by atoms with Crippen molar-refractivity contribution in [2.24, 2.45) is 5.41 Å². The van der Waals surface area contributed by atoms with Crippen molar-refractivity contribution in [2.75, 3.05) is 6.61 Å². The van der Waals surface area contributed by atoms with Crippen LogP contribution < -0.4 is 0 Å². The fourth-order valence-corrected chi connectivity index (χ4v) is 1.55. The van der Waals surface area contributed by atoms with E-state index in [0.29, 0.717) is 6.61 Å². The van der Waals surface area contributed by atoms with Crippen LogP contribution in [0.4, 0.5) is 0 Å². The van der Waals surface area contributed by atoms with Crippen molar-refractivity contribution in [3.05, 3.63) is 41.0 Å². The summed E-state index contributed by atoms with van der Waals surface area (Å²) < 4.78 is 5.34. The van der Waals surface area contributed by atoms with Gasteiger partial charge in [-0.2, -0.15) is 0 Å². The summed E-state index contributed by atoms with van der Waals surface area (Å²) >= 11 is 0. The zero-order chi connectivity index (χ0) is 16.6. The van der Waals surface area contributed by atoms with E-state index in [1.54, 1.807) is 0 Å². The molecule has 0 aliphatic carbocycles. The Balaban J connectivity index is 0.00000191. The average molecular weight is 290 g/mol. The molecule has 0 unspecified atom stereocenters. The first-order valence-corrected chi connectivity index (χ1v) is 7.62. The standard InChI is InChI=1S/C17H24O2.C2H6/c1-12-7-9-15(10-8-12)14(3)13(2)11-19-16(18)17(4,5)6;1-2/h7-10H,11H2,1-6H3;1-2H3/b14-13+;. The third kappa shape index (κ3) is 6.61. The smallest absolute Gasteiger partial charge is 0.311 e. The quantitative estimate of drug-likeness (QED) is 0.696. The summed E-state index contributed by atoms with van der Waals surface area (Å²) in [6.45, 7) is 16.1. The Hall–Kier alpha value is -1.57. The van der Waals surface area contributed by atoms with Crippen molar-refractivity contribution in [3.63, 3.8) is 0 Å². The highest BCUT2D eigenvalue weighted by molar-refractivity contribution is 5.76. The largest absolute Gasteiger partial charge is 0.461 e. The molecule has 0 heterocycles. The molecule has 0 spiro atoms. The molecule has 0 aliphatic rings. The van der Waals surface area contributed by atoms with Crippen LogP contribution in [0.2, 0.25) is 0 Å². The molecule has 1 aromatic carbocycles. The molecular weight excluding hydrogens is 260 g/mol. The van der Waals surface area contributed by atoms with Crippen LogP contribution in [0.1, 0.15) is 59.6 Å². The summed E-state index contributed by atoms with van der Waals surface area (Å²) in [7, 11) is 0. The Morgan fingerprint density at radius 2 is 1.52 bits per heavy atom. The van der Waals surface area contributed by atoms with Crippen LogP contribution in [0.3, 0.4) is 0 Å². The van der Waals surface area contributed by atoms with Gasteiger partial charge in [-0.1, -0.05) is 43.7 Å².